The molecule has 92 valence electrons. The van der Waals surface area contributed by atoms with Crippen molar-refractivity contribution >= 4 is 17.3 Å². The van der Waals surface area contributed by atoms with Gasteiger partial charge in [0.2, 0.25) is 0 Å². The summed E-state index contributed by atoms with van der Waals surface area (Å²) in [6.45, 7) is 6.28. The van der Waals surface area contributed by atoms with E-state index in [9.17, 15) is 13.2 Å². The Kier molecular flexibility index (Phi) is 11.4. The number of alkyl halides is 3. The fourth-order valence-electron chi connectivity index (χ4n) is 0.982. The molecule has 0 aliphatic carbocycles. The molecule has 0 spiro atoms. The smallest absolute Gasteiger partial charge is 0.683 e. The number of hydrogen-bond acceptors (Lipinski definition) is 0. The fraction of sp³-hybridized carbons (Fsp3) is 0.455. The van der Waals surface area contributed by atoms with Crippen LogP contribution in [-0.2, 0) is 6.18 Å². The molecule has 1 nitrogen and oxygen atoms in total. The van der Waals surface area contributed by atoms with Crippen LogP contribution in [-0.4, -0.2) is 6.54 Å². The van der Waals surface area contributed by atoms with E-state index in [0.29, 0.717) is 12.2 Å². The molecule has 0 aliphatic rings. The van der Waals surface area contributed by atoms with Crippen molar-refractivity contribution in [3.8, 4) is 0 Å². The molecule has 0 bridgehead atoms. The van der Waals surface area contributed by atoms with Crippen molar-refractivity contribution in [3.63, 3.8) is 0 Å². The quantitative estimate of drug-likeness (QED) is 0.743. The van der Waals surface area contributed by atoms with Gasteiger partial charge in [-0.25, -0.2) is 0 Å². The zero-order chi connectivity index (χ0) is 12.8. The Hall–Kier alpha value is 0.736. The van der Waals surface area contributed by atoms with E-state index in [1.165, 1.54) is 6.07 Å². The summed E-state index contributed by atoms with van der Waals surface area (Å²) < 4.78 is 36.6. The summed E-state index contributed by atoms with van der Waals surface area (Å²) in [6.07, 6.45) is -4.35. The second-order valence-electron chi connectivity index (χ2n) is 2.64. The standard InChI is InChI=1S/C9H8ClF3N.C2H6.K/c1-2-14-8-4-3-6(5-7(8)10)9(11,12)13;1-2;/h3-5H,2H2,1H3;1-2H3;/q-1;;+1. The first-order valence-corrected chi connectivity index (χ1v) is 5.37. The van der Waals surface area contributed by atoms with E-state index in [0.717, 1.165) is 12.1 Å². The third-order valence-corrected chi connectivity index (χ3v) is 1.91. The zero-order valence-electron chi connectivity index (χ0n) is 10.4. The van der Waals surface area contributed by atoms with Crippen LogP contribution in [0.5, 0.6) is 0 Å². The molecular weight excluding hydrogens is 278 g/mol. The van der Waals surface area contributed by atoms with Gasteiger partial charge in [-0.3, -0.25) is 0 Å². The molecule has 0 aliphatic heterocycles. The third kappa shape index (κ3) is 7.03. The van der Waals surface area contributed by atoms with Gasteiger partial charge in [-0.15, -0.1) is 12.2 Å². The average Bonchev–Trinajstić information content (AvgIpc) is 2.23. The van der Waals surface area contributed by atoms with Gasteiger partial charge in [0, 0.05) is 5.02 Å². The molecule has 0 heterocycles. The Bertz CT molecular complexity index is 329. The van der Waals surface area contributed by atoms with E-state index in [-0.39, 0.29) is 56.4 Å². The topological polar surface area (TPSA) is 14.1 Å². The van der Waals surface area contributed by atoms with Crippen LogP contribution in [0, 0.1) is 0 Å². The Balaban J connectivity index is 0. The van der Waals surface area contributed by atoms with Crippen LogP contribution in [0.1, 0.15) is 26.3 Å². The van der Waals surface area contributed by atoms with Crippen LogP contribution in [0.2, 0.25) is 5.02 Å². The first-order chi connectivity index (χ1) is 7.45. The van der Waals surface area contributed by atoms with Crippen molar-refractivity contribution in [2.75, 3.05) is 6.54 Å². The van der Waals surface area contributed by atoms with Gasteiger partial charge in [-0.2, -0.15) is 13.2 Å². The minimum absolute atomic E-state index is 0. The summed E-state index contributed by atoms with van der Waals surface area (Å²) in [4.78, 5) is 0. The largest absolute Gasteiger partial charge is 1.00 e. The molecule has 0 radical (unpaired) electrons. The molecule has 0 N–H and O–H groups in total. The summed E-state index contributed by atoms with van der Waals surface area (Å²) >= 11 is 5.62. The number of benzene rings is 1. The molecule has 1 aromatic carbocycles. The summed E-state index contributed by atoms with van der Waals surface area (Å²) in [6, 6.07) is 3.13. The Morgan fingerprint density at radius 2 is 1.76 bits per heavy atom. The maximum absolute atomic E-state index is 12.2. The molecule has 0 saturated heterocycles. The Labute approximate surface area is 148 Å². The normalized spacial score (nSPS) is 9.82. The fourth-order valence-corrected chi connectivity index (χ4v) is 1.22. The minimum Gasteiger partial charge on any atom is -0.683 e. The van der Waals surface area contributed by atoms with Crippen LogP contribution in [0.4, 0.5) is 18.9 Å². The van der Waals surface area contributed by atoms with Crippen LogP contribution in [0.15, 0.2) is 18.2 Å². The molecule has 0 unspecified atom stereocenters. The van der Waals surface area contributed by atoms with Gasteiger partial charge in [0.1, 0.15) is 0 Å². The molecule has 1 rings (SSSR count). The maximum atomic E-state index is 12.2. The number of hydrogen-bond donors (Lipinski definition) is 0. The van der Waals surface area contributed by atoms with Crippen molar-refractivity contribution < 1.29 is 64.6 Å². The van der Waals surface area contributed by atoms with Crippen LogP contribution >= 0.6 is 11.6 Å². The minimum atomic E-state index is -4.35. The number of nitrogens with zero attached hydrogens (tertiary/aromatic N) is 1. The summed E-state index contributed by atoms with van der Waals surface area (Å²) in [5, 5.41) is 3.96. The molecule has 0 amide bonds. The van der Waals surface area contributed by atoms with E-state index in [1.807, 2.05) is 13.8 Å². The van der Waals surface area contributed by atoms with Crippen molar-refractivity contribution in [2.45, 2.75) is 26.9 Å². The van der Waals surface area contributed by atoms with Crippen molar-refractivity contribution in [2.24, 2.45) is 0 Å². The van der Waals surface area contributed by atoms with Crippen molar-refractivity contribution in [1.82, 2.24) is 0 Å². The van der Waals surface area contributed by atoms with Gasteiger partial charge >= 0.3 is 57.6 Å². The van der Waals surface area contributed by atoms with Gasteiger partial charge < -0.3 is 5.32 Å². The first-order valence-electron chi connectivity index (χ1n) is 4.99. The third-order valence-electron chi connectivity index (χ3n) is 1.60. The van der Waals surface area contributed by atoms with Gasteiger partial charge in [0.05, 0.1) is 5.56 Å². The number of halogens is 4. The van der Waals surface area contributed by atoms with Gasteiger partial charge in [-0.1, -0.05) is 44.5 Å². The zero-order valence-corrected chi connectivity index (χ0v) is 14.3. The summed E-state index contributed by atoms with van der Waals surface area (Å²) in [7, 11) is 0. The molecule has 1 aromatic rings. The van der Waals surface area contributed by atoms with Gasteiger partial charge in [0.15, 0.2) is 0 Å². The van der Waals surface area contributed by atoms with E-state index >= 15 is 0 Å². The maximum Gasteiger partial charge on any atom is 1.00 e. The molecule has 0 saturated carbocycles. The SMILES string of the molecule is CC.CC[N-]c1ccc(C(F)(F)F)cc1Cl.[K+]. The van der Waals surface area contributed by atoms with Gasteiger partial charge in [0.25, 0.3) is 0 Å². The summed E-state index contributed by atoms with van der Waals surface area (Å²) in [5.41, 5.74) is -0.361. The van der Waals surface area contributed by atoms with E-state index in [1.54, 1.807) is 6.92 Å². The number of rotatable bonds is 2. The second kappa shape index (κ2) is 9.64. The molecule has 6 heteroatoms. The Morgan fingerprint density at radius 1 is 1.24 bits per heavy atom. The average molecular weight is 292 g/mol. The summed E-state index contributed by atoms with van der Waals surface area (Å²) in [5.74, 6) is 0. The van der Waals surface area contributed by atoms with Crippen molar-refractivity contribution in [3.05, 3.63) is 34.1 Å². The second-order valence-corrected chi connectivity index (χ2v) is 3.05. The molecular formula is C11H14ClF3KN. The molecule has 0 atom stereocenters. The first kappa shape index (κ1) is 20.1. The molecule has 17 heavy (non-hydrogen) atoms. The van der Waals surface area contributed by atoms with E-state index in [2.05, 4.69) is 5.32 Å². The van der Waals surface area contributed by atoms with Crippen LogP contribution in [0.3, 0.4) is 0 Å². The predicted octanol–water partition coefficient (Wildman–Crippen LogP) is 2.41. The predicted molar refractivity (Wildman–Crippen MR) is 61.4 cm³/mol. The van der Waals surface area contributed by atoms with Crippen molar-refractivity contribution in [1.29, 1.82) is 0 Å². The Morgan fingerprint density at radius 3 is 2.12 bits per heavy atom. The van der Waals surface area contributed by atoms with E-state index in [4.69, 9.17) is 11.6 Å². The van der Waals surface area contributed by atoms with E-state index < -0.39 is 11.7 Å². The van der Waals surface area contributed by atoms with Crippen LogP contribution < -0.4 is 51.4 Å². The molecule has 0 fully saturated rings. The van der Waals surface area contributed by atoms with Gasteiger partial charge in [-0.05, 0) is 6.07 Å². The monoisotopic (exact) mass is 291 g/mol. The van der Waals surface area contributed by atoms with Crippen LogP contribution in [0.25, 0.3) is 5.32 Å². The molecule has 0 aromatic heterocycles.